The van der Waals surface area contributed by atoms with E-state index in [9.17, 15) is 4.79 Å². The molecule has 1 aliphatic heterocycles. The molecule has 148 valence electrons. The number of ether oxygens (including phenoxy) is 3. The van der Waals surface area contributed by atoms with Crippen LogP contribution in [0.1, 0.15) is 29.2 Å². The van der Waals surface area contributed by atoms with Crippen LogP contribution >= 0.6 is 0 Å². The number of fused-ring (bicyclic) bond motifs is 1. The number of H-pyrrole nitrogens is 1. The zero-order valence-corrected chi connectivity index (χ0v) is 15.7. The summed E-state index contributed by atoms with van der Waals surface area (Å²) >= 11 is 0. The molecule has 0 saturated carbocycles. The number of hydrogen-bond acceptors (Lipinski definition) is 7. The summed E-state index contributed by atoms with van der Waals surface area (Å²) in [5.41, 5.74) is 0.988. The van der Waals surface area contributed by atoms with Gasteiger partial charge in [0.2, 0.25) is 5.82 Å². The van der Waals surface area contributed by atoms with E-state index < -0.39 is 6.10 Å². The number of aromatic amines is 1. The second-order valence-electron chi connectivity index (χ2n) is 6.18. The number of tetrazole rings is 1. The Morgan fingerprint density at radius 1 is 1.31 bits per heavy atom. The lowest BCUT2D eigenvalue weighted by molar-refractivity contribution is 0.0856. The van der Waals surface area contributed by atoms with E-state index in [0.717, 1.165) is 0 Å². The van der Waals surface area contributed by atoms with Crippen LogP contribution < -0.4 is 19.5 Å². The lowest BCUT2D eigenvalue weighted by atomic mass is 10.2. The average Bonchev–Trinajstić information content (AvgIpc) is 3.29. The fourth-order valence-corrected chi connectivity index (χ4v) is 2.76. The van der Waals surface area contributed by atoms with Gasteiger partial charge in [0.1, 0.15) is 19.0 Å². The van der Waals surface area contributed by atoms with E-state index in [1.165, 1.54) is 0 Å². The standard InChI is InChI=1S/C20H19N5O4/c1-2-3-11-27-14-9-7-13(8-10-14)20(26)21-15-5-4-6-16-18(15)29-17(12-28-16)19-22-24-25-23-19/h2-10,17H,11-12H2,1H3,(H,21,26)(H,22,23,24,25). The van der Waals surface area contributed by atoms with Crippen LogP contribution in [0.3, 0.4) is 0 Å². The molecule has 0 saturated heterocycles. The van der Waals surface area contributed by atoms with Gasteiger partial charge in [-0.05, 0) is 43.3 Å². The topological polar surface area (TPSA) is 111 Å². The molecule has 1 aliphatic rings. The molecule has 0 fully saturated rings. The van der Waals surface area contributed by atoms with E-state index >= 15 is 0 Å². The van der Waals surface area contributed by atoms with E-state index in [-0.39, 0.29) is 12.5 Å². The Bertz CT molecular complexity index is 1000. The van der Waals surface area contributed by atoms with Gasteiger partial charge in [-0.15, -0.1) is 10.2 Å². The Morgan fingerprint density at radius 3 is 2.93 bits per heavy atom. The van der Waals surface area contributed by atoms with Gasteiger partial charge in [0.25, 0.3) is 5.91 Å². The summed E-state index contributed by atoms with van der Waals surface area (Å²) in [6.07, 6.45) is 3.30. The van der Waals surface area contributed by atoms with Crippen molar-refractivity contribution in [3.8, 4) is 17.2 Å². The van der Waals surface area contributed by atoms with Crippen molar-refractivity contribution < 1.29 is 19.0 Å². The Morgan fingerprint density at radius 2 is 2.17 bits per heavy atom. The van der Waals surface area contributed by atoms with E-state index in [2.05, 4.69) is 25.9 Å². The fraction of sp³-hybridized carbons (Fsp3) is 0.200. The Balaban J connectivity index is 1.48. The van der Waals surface area contributed by atoms with Crippen LogP contribution in [0.2, 0.25) is 0 Å². The number of amides is 1. The largest absolute Gasteiger partial charge is 0.490 e. The van der Waals surface area contributed by atoms with Crippen molar-refractivity contribution in [2.45, 2.75) is 13.0 Å². The molecule has 1 atom stereocenters. The zero-order valence-electron chi connectivity index (χ0n) is 15.7. The summed E-state index contributed by atoms with van der Waals surface area (Å²) < 4.78 is 17.2. The maximum atomic E-state index is 12.7. The van der Waals surface area contributed by atoms with E-state index in [0.29, 0.717) is 40.9 Å². The van der Waals surface area contributed by atoms with Crippen molar-refractivity contribution >= 4 is 11.6 Å². The lowest BCUT2D eigenvalue weighted by Crippen LogP contribution is -2.24. The first-order chi connectivity index (χ1) is 14.2. The van der Waals surface area contributed by atoms with Gasteiger partial charge in [0, 0.05) is 5.56 Å². The highest BCUT2D eigenvalue weighted by molar-refractivity contribution is 6.05. The van der Waals surface area contributed by atoms with E-state index in [1.807, 2.05) is 19.1 Å². The summed E-state index contributed by atoms with van der Waals surface area (Å²) in [6.45, 7) is 2.66. The fourth-order valence-electron chi connectivity index (χ4n) is 2.76. The third kappa shape index (κ3) is 4.18. The summed E-state index contributed by atoms with van der Waals surface area (Å²) in [6, 6.07) is 12.2. The van der Waals surface area contributed by atoms with Crippen LogP contribution in [-0.2, 0) is 0 Å². The number of carbonyl (C=O) groups is 1. The summed E-state index contributed by atoms with van der Waals surface area (Å²) in [4.78, 5) is 12.7. The van der Waals surface area contributed by atoms with Crippen molar-refractivity contribution in [3.63, 3.8) is 0 Å². The quantitative estimate of drug-likeness (QED) is 0.619. The van der Waals surface area contributed by atoms with E-state index in [4.69, 9.17) is 14.2 Å². The van der Waals surface area contributed by atoms with Gasteiger partial charge in [0.05, 0.1) is 5.69 Å². The molecular weight excluding hydrogens is 374 g/mol. The Labute approximate surface area is 166 Å². The number of nitrogens with zero attached hydrogens (tertiary/aromatic N) is 3. The highest BCUT2D eigenvalue weighted by Crippen LogP contribution is 2.41. The minimum Gasteiger partial charge on any atom is -0.490 e. The minimum absolute atomic E-state index is 0.249. The van der Waals surface area contributed by atoms with Crippen molar-refractivity contribution in [1.29, 1.82) is 0 Å². The van der Waals surface area contributed by atoms with Crippen molar-refractivity contribution in [3.05, 3.63) is 66.0 Å². The number of nitrogens with one attached hydrogen (secondary N) is 2. The van der Waals surface area contributed by atoms with Gasteiger partial charge >= 0.3 is 0 Å². The number of anilines is 1. The van der Waals surface area contributed by atoms with Crippen LogP contribution in [0.4, 0.5) is 5.69 Å². The van der Waals surface area contributed by atoms with Gasteiger partial charge < -0.3 is 19.5 Å². The van der Waals surface area contributed by atoms with Crippen LogP contribution in [-0.4, -0.2) is 39.7 Å². The highest BCUT2D eigenvalue weighted by atomic mass is 16.6. The molecule has 0 radical (unpaired) electrons. The molecule has 2 N–H and O–H groups in total. The molecule has 9 nitrogen and oxygen atoms in total. The molecule has 3 aromatic rings. The number of rotatable bonds is 6. The second kappa shape index (κ2) is 8.42. The molecule has 0 bridgehead atoms. The van der Waals surface area contributed by atoms with Crippen LogP contribution in [0, 0.1) is 0 Å². The molecular formula is C20H19N5O4. The van der Waals surface area contributed by atoms with E-state index in [1.54, 1.807) is 42.5 Å². The molecule has 9 heteroatoms. The van der Waals surface area contributed by atoms with Crippen molar-refractivity contribution in [2.75, 3.05) is 18.5 Å². The number of carbonyl (C=O) groups excluding carboxylic acids is 1. The van der Waals surface area contributed by atoms with Crippen LogP contribution in [0.15, 0.2) is 54.6 Å². The maximum Gasteiger partial charge on any atom is 0.255 e. The van der Waals surface area contributed by atoms with Gasteiger partial charge in [-0.25, -0.2) is 0 Å². The highest BCUT2D eigenvalue weighted by Gasteiger charge is 2.28. The maximum absolute atomic E-state index is 12.7. The number of allylic oxidation sites excluding steroid dienone is 1. The van der Waals surface area contributed by atoms with Gasteiger partial charge in [-0.1, -0.05) is 23.4 Å². The van der Waals surface area contributed by atoms with Crippen molar-refractivity contribution in [2.24, 2.45) is 0 Å². The molecule has 1 amide bonds. The number of aromatic nitrogens is 4. The van der Waals surface area contributed by atoms with Gasteiger partial charge in [-0.2, -0.15) is 5.21 Å². The predicted octanol–water partition coefficient (Wildman–Crippen LogP) is 2.92. The summed E-state index contributed by atoms with van der Waals surface area (Å²) in [5.74, 6) is 1.76. The third-order valence-corrected chi connectivity index (χ3v) is 4.23. The van der Waals surface area contributed by atoms with Crippen LogP contribution in [0.25, 0.3) is 0 Å². The number of hydrogen-bond donors (Lipinski definition) is 2. The molecule has 1 unspecified atom stereocenters. The minimum atomic E-state index is -0.520. The molecule has 0 aliphatic carbocycles. The zero-order chi connectivity index (χ0) is 20.1. The predicted molar refractivity (Wildman–Crippen MR) is 104 cm³/mol. The molecule has 2 aromatic carbocycles. The first-order valence-corrected chi connectivity index (χ1v) is 9.06. The SMILES string of the molecule is CC=CCOc1ccc(C(=O)Nc2cccc3c2OC(c2nn[nH]n2)CO3)cc1. The first-order valence-electron chi connectivity index (χ1n) is 9.06. The number of benzene rings is 2. The molecule has 4 rings (SSSR count). The molecule has 29 heavy (non-hydrogen) atoms. The summed E-state index contributed by atoms with van der Waals surface area (Å²) in [5, 5.41) is 16.7. The number of para-hydroxylation sites is 1. The Hall–Kier alpha value is -3.88. The first kappa shape index (κ1) is 18.5. The van der Waals surface area contributed by atoms with Gasteiger partial charge in [-0.3, -0.25) is 4.79 Å². The third-order valence-electron chi connectivity index (χ3n) is 4.23. The monoisotopic (exact) mass is 393 g/mol. The average molecular weight is 393 g/mol. The summed E-state index contributed by atoms with van der Waals surface area (Å²) in [7, 11) is 0. The smallest absolute Gasteiger partial charge is 0.255 e. The molecule has 2 heterocycles. The normalized spacial score (nSPS) is 15.3. The van der Waals surface area contributed by atoms with Gasteiger partial charge in [0.15, 0.2) is 17.6 Å². The Kier molecular flexibility index (Phi) is 5.37. The second-order valence-corrected chi connectivity index (χ2v) is 6.18. The van der Waals surface area contributed by atoms with Crippen LogP contribution in [0.5, 0.6) is 17.2 Å². The molecule has 1 aromatic heterocycles. The van der Waals surface area contributed by atoms with Crippen molar-refractivity contribution in [1.82, 2.24) is 20.6 Å². The molecule has 0 spiro atoms. The lowest BCUT2D eigenvalue weighted by Gasteiger charge is -2.26.